The first-order valence-electron chi connectivity index (χ1n) is 15.6. The number of nitrogens with one attached hydrogen (secondary N) is 1. The molecule has 0 aromatic rings. The third kappa shape index (κ3) is 7.60. The Kier molecular flexibility index (Phi) is 10.4. The molecule has 0 unspecified atom stereocenters. The van der Waals surface area contributed by atoms with Gasteiger partial charge in [0.25, 0.3) is 0 Å². The van der Waals surface area contributed by atoms with Crippen molar-refractivity contribution in [3.63, 3.8) is 0 Å². The van der Waals surface area contributed by atoms with Crippen LogP contribution in [0.25, 0.3) is 0 Å². The third-order valence-electron chi connectivity index (χ3n) is 10.4. The Bertz CT molecular complexity index is 853. The zero-order valence-electron chi connectivity index (χ0n) is 24.8. The minimum Gasteiger partial charge on any atom is -0.393 e. The number of hydrogen-bond acceptors (Lipinski definition) is 5. The first-order chi connectivity index (χ1) is 18.1. The summed E-state index contributed by atoms with van der Waals surface area (Å²) in [7, 11) is 0. The Morgan fingerprint density at radius 1 is 1.24 bits per heavy atom. The maximum absolute atomic E-state index is 10.7. The van der Waals surface area contributed by atoms with Gasteiger partial charge in [0.05, 0.1) is 24.9 Å². The molecule has 4 aliphatic rings. The van der Waals surface area contributed by atoms with E-state index in [2.05, 4.69) is 42.8 Å². The molecule has 3 saturated carbocycles. The fourth-order valence-corrected chi connectivity index (χ4v) is 8.19. The van der Waals surface area contributed by atoms with Crippen molar-refractivity contribution in [2.75, 3.05) is 39.4 Å². The van der Waals surface area contributed by atoms with Crippen LogP contribution >= 0.6 is 0 Å². The van der Waals surface area contributed by atoms with E-state index < -0.39 is 5.60 Å². The molecule has 0 aromatic heterocycles. The molecule has 3 N–H and O–H groups in total. The Hall–Kier alpha value is -0.980. The predicted octanol–water partition coefficient (Wildman–Crippen LogP) is 5.63. The maximum Gasteiger partial charge on any atom is 0.0598 e. The van der Waals surface area contributed by atoms with Gasteiger partial charge in [0.15, 0.2) is 0 Å². The van der Waals surface area contributed by atoms with Gasteiger partial charge in [-0.25, -0.2) is 0 Å². The lowest BCUT2D eigenvalue weighted by atomic mass is 9.60. The summed E-state index contributed by atoms with van der Waals surface area (Å²) >= 11 is 0. The number of aliphatic hydroxyl groups is 2. The molecule has 4 rings (SSSR count). The van der Waals surface area contributed by atoms with Gasteiger partial charge in [0, 0.05) is 32.2 Å². The van der Waals surface area contributed by atoms with E-state index in [9.17, 15) is 10.2 Å². The highest BCUT2D eigenvalue weighted by Gasteiger charge is 2.50. The molecule has 0 bridgehead atoms. The van der Waals surface area contributed by atoms with Gasteiger partial charge < -0.3 is 20.3 Å². The molecule has 1 saturated heterocycles. The lowest BCUT2D eigenvalue weighted by Crippen LogP contribution is -2.44. The lowest BCUT2D eigenvalue weighted by molar-refractivity contribution is 0.0379. The SMILES string of the molecule is C=C1/C(=C\C=C2/CCC[C@]3(C)[C@@H]([C@H](C)CCCC(C)(C)O)CC[C@@H]23)C[C@@H](O)C[C@@H]1NCCN1CCOCC1. The van der Waals surface area contributed by atoms with Crippen molar-refractivity contribution in [2.45, 2.75) is 110 Å². The van der Waals surface area contributed by atoms with Crippen LogP contribution in [0.4, 0.5) is 0 Å². The highest BCUT2D eigenvalue weighted by molar-refractivity contribution is 5.39. The summed E-state index contributed by atoms with van der Waals surface area (Å²) < 4.78 is 5.46. The van der Waals surface area contributed by atoms with Crippen LogP contribution in [0.3, 0.4) is 0 Å². The van der Waals surface area contributed by atoms with Gasteiger partial charge in [-0.3, -0.25) is 4.90 Å². The normalized spacial score (nSPS) is 36.1. The van der Waals surface area contributed by atoms with Crippen molar-refractivity contribution in [2.24, 2.45) is 23.2 Å². The van der Waals surface area contributed by atoms with Crippen molar-refractivity contribution in [3.05, 3.63) is 35.5 Å². The van der Waals surface area contributed by atoms with Gasteiger partial charge in [-0.05, 0) is 99.5 Å². The minimum absolute atomic E-state index is 0.154. The number of morpholine rings is 1. The standard InChI is InChI=1S/C33H56N2O3/c1-24(8-6-14-32(3,4)37)29-12-13-30-26(9-7-15-33(29,30)5)10-11-27-22-28(36)23-31(25(27)2)34-16-17-35-18-20-38-21-19-35/h10-11,24,28-31,34,36-37H,2,6-9,12-23H2,1,3-5H3/b26-10+,27-11-/t24-,28-,29-,30+,31+,33-/m1/s1. The second kappa shape index (κ2) is 13.1. The van der Waals surface area contributed by atoms with Crippen molar-refractivity contribution in [1.29, 1.82) is 0 Å². The number of allylic oxidation sites excluding steroid dienone is 3. The second-order valence-electron chi connectivity index (χ2n) is 13.8. The van der Waals surface area contributed by atoms with E-state index in [0.29, 0.717) is 23.7 Å². The Labute approximate surface area is 232 Å². The molecule has 3 aliphatic carbocycles. The zero-order valence-corrected chi connectivity index (χ0v) is 24.8. The van der Waals surface area contributed by atoms with Crippen LogP contribution in [0.5, 0.6) is 0 Å². The Morgan fingerprint density at radius 3 is 2.74 bits per heavy atom. The number of nitrogens with zero attached hydrogens (tertiary/aromatic N) is 1. The zero-order chi connectivity index (χ0) is 27.3. The molecular weight excluding hydrogens is 472 g/mol. The maximum atomic E-state index is 10.7. The van der Waals surface area contributed by atoms with Crippen molar-refractivity contribution >= 4 is 0 Å². The molecular formula is C33H56N2O3. The smallest absolute Gasteiger partial charge is 0.0598 e. The first kappa shape index (κ1) is 30.0. The minimum atomic E-state index is -0.552. The summed E-state index contributed by atoms with van der Waals surface area (Å²) in [5.41, 5.74) is 3.86. The van der Waals surface area contributed by atoms with Gasteiger partial charge in [-0.1, -0.05) is 51.0 Å². The molecule has 216 valence electrons. The van der Waals surface area contributed by atoms with Gasteiger partial charge in [0.2, 0.25) is 0 Å². The molecule has 1 heterocycles. The Morgan fingerprint density at radius 2 is 2.00 bits per heavy atom. The van der Waals surface area contributed by atoms with Crippen LogP contribution in [0.15, 0.2) is 35.5 Å². The van der Waals surface area contributed by atoms with E-state index >= 15 is 0 Å². The predicted molar refractivity (Wildman–Crippen MR) is 157 cm³/mol. The average Bonchev–Trinajstić information content (AvgIpc) is 3.22. The number of fused-ring (bicyclic) bond motifs is 1. The van der Waals surface area contributed by atoms with Crippen molar-refractivity contribution < 1.29 is 14.9 Å². The second-order valence-corrected chi connectivity index (χ2v) is 13.8. The van der Waals surface area contributed by atoms with Crippen LogP contribution in [0.1, 0.15) is 91.9 Å². The summed E-state index contributed by atoms with van der Waals surface area (Å²) in [5, 5.41) is 24.5. The topological polar surface area (TPSA) is 65.0 Å². The summed E-state index contributed by atoms with van der Waals surface area (Å²) in [5.74, 6) is 2.17. The molecule has 1 aliphatic heterocycles. The number of aliphatic hydroxyl groups excluding tert-OH is 1. The van der Waals surface area contributed by atoms with Gasteiger partial charge in [0.1, 0.15) is 0 Å². The third-order valence-corrected chi connectivity index (χ3v) is 10.4. The Balaban J connectivity index is 1.36. The largest absolute Gasteiger partial charge is 0.393 e. The molecule has 0 aromatic carbocycles. The average molecular weight is 529 g/mol. The van der Waals surface area contributed by atoms with Gasteiger partial charge in [-0.15, -0.1) is 0 Å². The van der Waals surface area contributed by atoms with Crippen LogP contribution < -0.4 is 5.32 Å². The van der Waals surface area contributed by atoms with E-state index in [0.717, 1.165) is 70.1 Å². The molecule has 0 spiro atoms. The molecule has 5 nitrogen and oxygen atoms in total. The number of rotatable bonds is 10. The monoisotopic (exact) mass is 528 g/mol. The van der Waals surface area contributed by atoms with Crippen molar-refractivity contribution in [1.82, 2.24) is 10.2 Å². The van der Waals surface area contributed by atoms with Crippen LogP contribution in [-0.2, 0) is 4.74 Å². The van der Waals surface area contributed by atoms with E-state index in [1.54, 1.807) is 5.57 Å². The molecule has 0 radical (unpaired) electrons. The van der Waals surface area contributed by atoms with E-state index in [1.165, 1.54) is 44.1 Å². The van der Waals surface area contributed by atoms with E-state index in [1.807, 2.05) is 13.8 Å². The highest BCUT2D eigenvalue weighted by atomic mass is 16.5. The summed E-state index contributed by atoms with van der Waals surface area (Å²) in [4.78, 5) is 2.45. The summed E-state index contributed by atoms with van der Waals surface area (Å²) in [6.45, 7) is 19.0. The van der Waals surface area contributed by atoms with E-state index in [4.69, 9.17) is 4.74 Å². The van der Waals surface area contributed by atoms with Crippen LogP contribution in [0.2, 0.25) is 0 Å². The van der Waals surface area contributed by atoms with Crippen molar-refractivity contribution in [3.8, 4) is 0 Å². The highest BCUT2D eigenvalue weighted by Crippen LogP contribution is 2.60. The first-order valence-corrected chi connectivity index (χ1v) is 15.6. The molecule has 6 atom stereocenters. The summed E-state index contributed by atoms with van der Waals surface area (Å²) in [6.07, 6.45) is 15.6. The van der Waals surface area contributed by atoms with Gasteiger partial charge in [-0.2, -0.15) is 0 Å². The molecule has 5 heteroatoms. The molecule has 4 fully saturated rings. The fraction of sp³-hybridized carbons (Fsp3) is 0.818. The van der Waals surface area contributed by atoms with Crippen LogP contribution in [-0.4, -0.2) is 72.3 Å². The van der Waals surface area contributed by atoms with Crippen LogP contribution in [0, 0.1) is 23.2 Å². The quantitative estimate of drug-likeness (QED) is 0.343. The molecule has 0 amide bonds. The number of ether oxygens (including phenoxy) is 1. The fourth-order valence-electron chi connectivity index (χ4n) is 8.19. The number of hydrogen-bond donors (Lipinski definition) is 3. The van der Waals surface area contributed by atoms with E-state index in [-0.39, 0.29) is 12.1 Å². The lowest BCUT2D eigenvalue weighted by Gasteiger charge is -2.44. The molecule has 38 heavy (non-hydrogen) atoms. The summed E-state index contributed by atoms with van der Waals surface area (Å²) in [6, 6.07) is 0.154. The van der Waals surface area contributed by atoms with Gasteiger partial charge >= 0.3 is 0 Å².